The van der Waals surface area contributed by atoms with Gasteiger partial charge >= 0.3 is 23.5 Å². The van der Waals surface area contributed by atoms with Crippen LogP contribution >= 0.6 is 23.5 Å². The molecule has 0 radical (unpaired) electrons. The lowest BCUT2D eigenvalue weighted by Crippen LogP contribution is -2.26. The first-order valence-corrected chi connectivity index (χ1v) is 18.6. The summed E-state index contributed by atoms with van der Waals surface area (Å²) >= 11 is 0. The molecule has 268 valence electrons. The molecule has 2 aromatic heterocycles. The number of ether oxygens (including phenoxy) is 2. The summed E-state index contributed by atoms with van der Waals surface area (Å²) in [6.45, 7) is 2.74. The van der Waals surface area contributed by atoms with Gasteiger partial charge in [-0.25, -0.2) is 23.7 Å². The van der Waals surface area contributed by atoms with Gasteiger partial charge in [-0.05, 0) is 18.1 Å². The minimum Gasteiger partial charge on any atom is -0.390 e. The predicted molar refractivity (Wildman–Crippen MR) is 168 cm³/mol. The first kappa shape index (κ1) is 38.6. The molecule has 0 bridgehead atoms. The number of phosphoric ester groups is 1. The number of nitro groups is 1. The summed E-state index contributed by atoms with van der Waals surface area (Å²) in [6.07, 6.45) is -1.73. The van der Waals surface area contributed by atoms with E-state index in [4.69, 9.17) is 30.7 Å². The molecule has 3 heterocycles. The van der Waals surface area contributed by atoms with Crippen LogP contribution in [0.3, 0.4) is 0 Å². The van der Waals surface area contributed by atoms with Crippen molar-refractivity contribution in [1.82, 2.24) is 14.5 Å². The van der Waals surface area contributed by atoms with Crippen molar-refractivity contribution in [2.75, 3.05) is 18.9 Å². The molecule has 1 aromatic carbocycles. The van der Waals surface area contributed by atoms with Crippen molar-refractivity contribution >= 4 is 46.0 Å². The van der Waals surface area contributed by atoms with Gasteiger partial charge < -0.3 is 50.2 Å². The maximum atomic E-state index is 12.2. The van der Waals surface area contributed by atoms with Gasteiger partial charge in [0.15, 0.2) is 0 Å². The average molecular weight is 750 g/mol. The fourth-order valence-corrected chi connectivity index (χ4v) is 8.05. The van der Waals surface area contributed by atoms with Crippen LogP contribution < -0.4 is 11.5 Å². The monoisotopic (exact) mass is 750 g/mol. The minimum absolute atomic E-state index is 0.0695. The molecule has 3 aromatic rings. The van der Waals surface area contributed by atoms with Gasteiger partial charge in [-0.15, -0.1) is 0 Å². The molecule has 4 rings (SSSR count). The Hall–Kier alpha value is -3.15. The van der Waals surface area contributed by atoms with Gasteiger partial charge in [0.2, 0.25) is 0 Å². The Morgan fingerprint density at radius 1 is 1.16 bits per heavy atom. The molecule has 6 atom stereocenters. The van der Waals surface area contributed by atoms with Crippen molar-refractivity contribution < 1.29 is 65.9 Å². The highest BCUT2D eigenvalue weighted by molar-refractivity contribution is 7.66. The van der Waals surface area contributed by atoms with Crippen LogP contribution in [0.15, 0.2) is 30.7 Å². The molecule has 0 saturated carbocycles. The Morgan fingerprint density at radius 2 is 1.88 bits per heavy atom. The standard InChI is InChI=1S/C25H33N6O15P3/c1-14(2)23(17-6-5-15(4-3-7-26)8-18(17)31(33)34)42-11-16-10-30(25-22(16)24(27)28-13-29-25)21-9-19(32)20(44-21)12-43-48(38,39)46-49(40,41)45-47(35,36)37/h5-6,8,10,13-14,19-21,23,32H,7,9,11-12,26H2,1-2H3,(H,38,39)(H,40,41)(H2,27,28,29)(H2,35,36,37)/t19-,20-,21-,23-/m1/s1. The lowest BCUT2D eigenvalue weighted by Gasteiger charge is -2.22. The lowest BCUT2D eigenvalue weighted by atomic mass is 9.96. The predicted octanol–water partition coefficient (Wildman–Crippen LogP) is 2.14. The summed E-state index contributed by atoms with van der Waals surface area (Å²) in [5.41, 5.74) is 12.9. The number of hydrogen-bond donors (Lipinski definition) is 7. The summed E-state index contributed by atoms with van der Waals surface area (Å²) in [5.74, 6) is 5.27. The third-order valence-electron chi connectivity index (χ3n) is 6.94. The number of aliphatic hydroxyl groups excluding tert-OH is 1. The normalized spacial score (nSPS) is 21.2. The van der Waals surface area contributed by atoms with Gasteiger partial charge in [-0.3, -0.25) is 14.6 Å². The number of fused-ring (bicyclic) bond motifs is 1. The van der Waals surface area contributed by atoms with Gasteiger partial charge in [0.1, 0.15) is 30.1 Å². The number of aromatic nitrogens is 3. The summed E-state index contributed by atoms with van der Waals surface area (Å²) in [7, 11) is -16.8. The Balaban J connectivity index is 1.54. The van der Waals surface area contributed by atoms with E-state index >= 15 is 0 Å². The number of benzene rings is 1. The molecule has 0 spiro atoms. The average Bonchev–Trinajstić information content (AvgIpc) is 3.54. The van der Waals surface area contributed by atoms with E-state index in [9.17, 15) is 38.7 Å². The van der Waals surface area contributed by atoms with Gasteiger partial charge in [-0.1, -0.05) is 25.7 Å². The number of hydrogen-bond acceptors (Lipinski definition) is 15. The number of aliphatic hydroxyl groups is 1. The summed E-state index contributed by atoms with van der Waals surface area (Å²) in [4.78, 5) is 56.3. The van der Waals surface area contributed by atoms with E-state index in [0.29, 0.717) is 22.1 Å². The van der Waals surface area contributed by atoms with Gasteiger partial charge in [0.05, 0.1) is 47.8 Å². The molecule has 9 N–H and O–H groups in total. The van der Waals surface area contributed by atoms with Crippen LogP contribution in [0.4, 0.5) is 11.5 Å². The van der Waals surface area contributed by atoms with Crippen molar-refractivity contribution in [2.45, 2.75) is 51.4 Å². The molecule has 1 aliphatic heterocycles. The Kier molecular flexibility index (Phi) is 12.1. The largest absolute Gasteiger partial charge is 0.490 e. The molecule has 24 heteroatoms. The lowest BCUT2D eigenvalue weighted by molar-refractivity contribution is -0.386. The second kappa shape index (κ2) is 15.4. The summed E-state index contributed by atoms with van der Waals surface area (Å²) < 4.78 is 60.1. The molecule has 49 heavy (non-hydrogen) atoms. The van der Waals surface area contributed by atoms with Crippen molar-refractivity contribution in [3.05, 3.63) is 57.5 Å². The molecule has 0 amide bonds. The summed E-state index contributed by atoms with van der Waals surface area (Å²) in [5, 5.41) is 23.0. The van der Waals surface area contributed by atoms with Crippen LogP contribution in [0.25, 0.3) is 11.0 Å². The van der Waals surface area contributed by atoms with Crippen molar-refractivity contribution in [1.29, 1.82) is 0 Å². The number of rotatable bonds is 14. The zero-order chi connectivity index (χ0) is 36.3. The minimum atomic E-state index is -5.75. The maximum absolute atomic E-state index is 12.2. The molecule has 21 nitrogen and oxygen atoms in total. The second-order valence-electron chi connectivity index (χ2n) is 10.9. The Labute approximate surface area is 277 Å². The van der Waals surface area contributed by atoms with Crippen molar-refractivity contribution in [3.8, 4) is 11.8 Å². The molecule has 1 saturated heterocycles. The molecular weight excluding hydrogens is 717 g/mol. The zero-order valence-electron chi connectivity index (χ0n) is 25.7. The first-order chi connectivity index (χ1) is 22.8. The second-order valence-corrected chi connectivity index (χ2v) is 15.3. The fourth-order valence-electron chi connectivity index (χ4n) is 5.02. The quantitative estimate of drug-likeness (QED) is 0.0537. The molecular formula is C25H33N6O15P3. The van der Waals surface area contributed by atoms with Crippen LogP contribution in [-0.2, 0) is 42.9 Å². The number of nitrogens with two attached hydrogens (primary N) is 2. The smallest absolute Gasteiger partial charge is 0.390 e. The molecule has 0 aliphatic carbocycles. The topological polar surface area (TPSA) is 324 Å². The number of nitrogens with zero attached hydrogens (tertiary/aromatic N) is 4. The summed E-state index contributed by atoms with van der Waals surface area (Å²) in [6, 6.07) is 4.54. The Morgan fingerprint density at radius 3 is 2.51 bits per heavy atom. The van der Waals surface area contributed by atoms with E-state index in [1.807, 2.05) is 13.8 Å². The van der Waals surface area contributed by atoms with E-state index in [1.54, 1.807) is 18.3 Å². The van der Waals surface area contributed by atoms with E-state index in [0.717, 1.165) is 0 Å². The zero-order valence-corrected chi connectivity index (χ0v) is 28.4. The highest BCUT2D eigenvalue weighted by Crippen LogP contribution is 2.66. The highest BCUT2D eigenvalue weighted by atomic mass is 31.3. The third-order valence-corrected chi connectivity index (χ3v) is 10.7. The van der Waals surface area contributed by atoms with E-state index in [-0.39, 0.29) is 42.6 Å². The van der Waals surface area contributed by atoms with Crippen LogP contribution in [-0.4, -0.2) is 69.5 Å². The van der Waals surface area contributed by atoms with Crippen LogP contribution in [0.1, 0.15) is 49.3 Å². The van der Waals surface area contributed by atoms with Crippen LogP contribution in [0.2, 0.25) is 0 Å². The SMILES string of the molecule is CC(C)[C@@H](OCc1cn([C@H]2C[C@@H](O)[C@@H](COP(=O)(O)OP(=O)(O)OP(=O)(O)O)O2)c2ncnc(N)c12)c1ccc(C#CCN)cc1[N+](=O)[O-]. The number of nitrogen functional groups attached to an aromatic ring is 1. The molecule has 1 aliphatic rings. The molecule has 2 unspecified atom stereocenters. The number of nitro benzene ring substituents is 1. The maximum Gasteiger partial charge on any atom is 0.490 e. The Bertz CT molecular complexity index is 1910. The van der Waals surface area contributed by atoms with Crippen molar-refractivity contribution in [3.63, 3.8) is 0 Å². The van der Waals surface area contributed by atoms with Crippen molar-refractivity contribution in [2.24, 2.45) is 11.7 Å². The third kappa shape index (κ3) is 9.98. The first-order valence-electron chi connectivity index (χ1n) is 14.1. The van der Waals surface area contributed by atoms with Gasteiger partial charge in [0.25, 0.3) is 5.69 Å². The van der Waals surface area contributed by atoms with E-state index < -0.39 is 59.5 Å². The van der Waals surface area contributed by atoms with Crippen LogP contribution in [0.5, 0.6) is 0 Å². The van der Waals surface area contributed by atoms with Crippen LogP contribution in [0, 0.1) is 27.9 Å². The highest BCUT2D eigenvalue weighted by Gasteiger charge is 2.43. The van der Waals surface area contributed by atoms with Gasteiger partial charge in [0, 0.05) is 29.8 Å². The molecule has 1 fully saturated rings. The van der Waals surface area contributed by atoms with E-state index in [2.05, 4.69) is 35.0 Å². The fraction of sp³-hybridized carbons (Fsp3) is 0.440. The number of phosphoric acid groups is 3. The van der Waals surface area contributed by atoms with E-state index in [1.165, 1.54) is 17.0 Å². The number of anilines is 1. The van der Waals surface area contributed by atoms with Gasteiger partial charge in [-0.2, -0.15) is 8.62 Å².